The van der Waals surface area contributed by atoms with Crippen molar-refractivity contribution in [3.05, 3.63) is 52.0 Å². The summed E-state index contributed by atoms with van der Waals surface area (Å²) in [5.41, 5.74) is 3.06. The standard InChI is InChI=1S/C17H18ClNO3/c1-10-5-6-11(2)12(7-10)17(20)19-14-9-15(21-3)13(18)8-16(14)22-4/h5-9H,1-4H3,(H,19,20). The summed E-state index contributed by atoms with van der Waals surface area (Å²) < 4.78 is 10.4. The third-order valence-corrected chi connectivity index (χ3v) is 3.66. The van der Waals surface area contributed by atoms with Crippen molar-refractivity contribution >= 4 is 23.2 Å². The molecule has 0 fully saturated rings. The van der Waals surface area contributed by atoms with E-state index in [0.717, 1.165) is 11.1 Å². The Morgan fingerprint density at radius 2 is 1.73 bits per heavy atom. The third kappa shape index (κ3) is 3.34. The second kappa shape index (κ2) is 6.71. The van der Waals surface area contributed by atoms with Gasteiger partial charge in [0.1, 0.15) is 11.5 Å². The summed E-state index contributed by atoms with van der Waals surface area (Å²) in [7, 11) is 3.04. The van der Waals surface area contributed by atoms with Crippen LogP contribution in [-0.2, 0) is 0 Å². The quantitative estimate of drug-likeness (QED) is 0.917. The fraction of sp³-hybridized carbons (Fsp3) is 0.235. The van der Waals surface area contributed by atoms with Crippen LogP contribution in [0, 0.1) is 13.8 Å². The summed E-state index contributed by atoms with van der Waals surface area (Å²) in [6, 6.07) is 9.00. The number of carbonyl (C=O) groups excluding carboxylic acids is 1. The molecular formula is C17H18ClNO3. The maximum Gasteiger partial charge on any atom is 0.256 e. The smallest absolute Gasteiger partial charge is 0.256 e. The number of carbonyl (C=O) groups is 1. The molecule has 0 saturated heterocycles. The van der Waals surface area contributed by atoms with E-state index in [0.29, 0.717) is 27.8 Å². The second-order valence-corrected chi connectivity index (χ2v) is 5.37. The molecule has 0 aliphatic carbocycles. The molecule has 5 heteroatoms. The van der Waals surface area contributed by atoms with Gasteiger partial charge in [0.2, 0.25) is 0 Å². The van der Waals surface area contributed by atoms with Crippen molar-refractivity contribution in [2.75, 3.05) is 19.5 Å². The highest BCUT2D eigenvalue weighted by atomic mass is 35.5. The van der Waals surface area contributed by atoms with E-state index in [1.807, 2.05) is 32.0 Å². The SMILES string of the molecule is COc1cc(NC(=O)c2cc(C)ccc2C)c(OC)cc1Cl. The zero-order chi connectivity index (χ0) is 16.3. The molecule has 4 nitrogen and oxygen atoms in total. The number of hydrogen-bond donors (Lipinski definition) is 1. The Balaban J connectivity index is 2.37. The van der Waals surface area contributed by atoms with Crippen molar-refractivity contribution in [1.82, 2.24) is 0 Å². The van der Waals surface area contributed by atoms with Crippen LogP contribution < -0.4 is 14.8 Å². The molecule has 1 amide bonds. The lowest BCUT2D eigenvalue weighted by atomic mass is 10.0. The van der Waals surface area contributed by atoms with Crippen molar-refractivity contribution in [2.24, 2.45) is 0 Å². The van der Waals surface area contributed by atoms with E-state index in [4.69, 9.17) is 21.1 Å². The fourth-order valence-electron chi connectivity index (χ4n) is 2.13. The zero-order valence-electron chi connectivity index (χ0n) is 13.0. The van der Waals surface area contributed by atoms with Crippen molar-refractivity contribution < 1.29 is 14.3 Å². The maximum absolute atomic E-state index is 12.5. The molecule has 2 aromatic carbocycles. The van der Waals surface area contributed by atoms with E-state index in [1.54, 1.807) is 12.1 Å². The average Bonchev–Trinajstić information content (AvgIpc) is 2.50. The molecule has 0 aliphatic rings. The number of aryl methyl sites for hydroxylation is 2. The summed E-state index contributed by atoms with van der Waals surface area (Å²) in [6.45, 7) is 3.84. The Morgan fingerprint density at radius 1 is 1.05 bits per heavy atom. The fourth-order valence-corrected chi connectivity index (χ4v) is 2.36. The molecule has 0 unspecified atom stereocenters. The summed E-state index contributed by atoms with van der Waals surface area (Å²) in [6.07, 6.45) is 0. The number of ether oxygens (including phenoxy) is 2. The summed E-state index contributed by atoms with van der Waals surface area (Å²) in [5, 5.41) is 3.27. The van der Waals surface area contributed by atoms with Crippen LogP contribution in [-0.4, -0.2) is 20.1 Å². The molecule has 116 valence electrons. The van der Waals surface area contributed by atoms with E-state index >= 15 is 0 Å². The Bertz CT molecular complexity index is 713. The largest absolute Gasteiger partial charge is 0.495 e. The van der Waals surface area contributed by atoms with Gasteiger partial charge >= 0.3 is 0 Å². The van der Waals surface area contributed by atoms with E-state index in [2.05, 4.69) is 5.32 Å². The average molecular weight is 320 g/mol. The Hall–Kier alpha value is -2.20. The molecule has 0 heterocycles. The molecule has 2 rings (SSSR count). The van der Waals surface area contributed by atoms with Gasteiger partial charge in [0, 0.05) is 17.7 Å². The Kier molecular flexibility index (Phi) is 4.93. The lowest BCUT2D eigenvalue weighted by Crippen LogP contribution is -2.14. The van der Waals surface area contributed by atoms with Gasteiger partial charge in [-0.15, -0.1) is 0 Å². The summed E-state index contributed by atoms with van der Waals surface area (Å²) >= 11 is 6.06. The molecule has 0 spiro atoms. The molecule has 22 heavy (non-hydrogen) atoms. The molecule has 0 radical (unpaired) electrons. The monoisotopic (exact) mass is 319 g/mol. The number of halogens is 1. The number of methoxy groups -OCH3 is 2. The lowest BCUT2D eigenvalue weighted by Gasteiger charge is -2.14. The van der Waals surface area contributed by atoms with Crippen LogP contribution in [0.15, 0.2) is 30.3 Å². The molecular weight excluding hydrogens is 302 g/mol. The predicted molar refractivity (Wildman–Crippen MR) is 88.4 cm³/mol. The van der Waals surface area contributed by atoms with Crippen molar-refractivity contribution in [3.63, 3.8) is 0 Å². The lowest BCUT2D eigenvalue weighted by molar-refractivity contribution is 0.102. The highest BCUT2D eigenvalue weighted by Crippen LogP contribution is 2.36. The predicted octanol–water partition coefficient (Wildman–Crippen LogP) is 4.23. The van der Waals surface area contributed by atoms with Crippen LogP contribution in [0.5, 0.6) is 11.5 Å². The van der Waals surface area contributed by atoms with Crippen LogP contribution in [0.2, 0.25) is 5.02 Å². The summed E-state index contributed by atoms with van der Waals surface area (Å²) in [5.74, 6) is 0.743. The van der Waals surface area contributed by atoms with Crippen LogP contribution >= 0.6 is 11.6 Å². The number of amides is 1. The van der Waals surface area contributed by atoms with Crippen molar-refractivity contribution in [2.45, 2.75) is 13.8 Å². The van der Waals surface area contributed by atoms with Crippen LogP contribution in [0.4, 0.5) is 5.69 Å². The van der Waals surface area contributed by atoms with E-state index in [9.17, 15) is 4.79 Å². The zero-order valence-corrected chi connectivity index (χ0v) is 13.7. The maximum atomic E-state index is 12.5. The number of anilines is 1. The number of hydrogen-bond acceptors (Lipinski definition) is 3. The minimum Gasteiger partial charge on any atom is -0.495 e. The molecule has 2 aromatic rings. The molecule has 0 aliphatic heterocycles. The van der Waals surface area contributed by atoms with Crippen molar-refractivity contribution in [1.29, 1.82) is 0 Å². The van der Waals surface area contributed by atoms with Gasteiger partial charge in [-0.05, 0) is 25.5 Å². The van der Waals surface area contributed by atoms with Gasteiger partial charge in [-0.3, -0.25) is 4.79 Å². The van der Waals surface area contributed by atoms with Crippen LogP contribution in [0.1, 0.15) is 21.5 Å². The number of benzene rings is 2. The van der Waals surface area contributed by atoms with Gasteiger partial charge in [-0.2, -0.15) is 0 Å². The van der Waals surface area contributed by atoms with E-state index in [-0.39, 0.29) is 5.91 Å². The van der Waals surface area contributed by atoms with Gasteiger partial charge in [0.05, 0.1) is 24.9 Å². The first-order chi connectivity index (χ1) is 10.5. The van der Waals surface area contributed by atoms with Gasteiger partial charge in [-0.1, -0.05) is 29.3 Å². The molecule has 0 saturated carbocycles. The van der Waals surface area contributed by atoms with Crippen molar-refractivity contribution in [3.8, 4) is 11.5 Å². The first kappa shape index (κ1) is 16.2. The van der Waals surface area contributed by atoms with E-state index in [1.165, 1.54) is 14.2 Å². The first-order valence-corrected chi connectivity index (χ1v) is 7.14. The number of rotatable bonds is 4. The van der Waals surface area contributed by atoms with Gasteiger partial charge in [0.15, 0.2) is 0 Å². The Morgan fingerprint density at radius 3 is 2.36 bits per heavy atom. The van der Waals surface area contributed by atoms with Gasteiger partial charge < -0.3 is 14.8 Å². The molecule has 1 N–H and O–H groups in total. The van der Waals surface area contributed by atoms with Crippen LogP contribution in [0.3, 0.4) is 0 Å². The normalized spacial score (nSPS) is 10.2. The van der Waals surface area contributed by atoms with Gasteiger partial charge in [-0.25, -0.2) is 0 Å². The highest BCUT2D eigenvalue weighted by molar-refractivity contribution is 6.32. The summed E-state index contributed by atoms with van der Waals surface area (Å²) in [4.78, 5) is 12.5. The number of nitrogens with one attached hydrogen (secondary N) is 1. The highest BCUT2D eigenvalue weighted by Gasteiger charge is 2.15. The minimum atomic E-state index is -0.205. The molecule has 0 bridgehead atoms. The van der Waals surface area contributed by atoms with Crippen LogP contribution in [0.25, 0.3) is 0 Å². The topological polar surface area (TPSA) is 47.6 Å². The molecule has 0 atom stereocenters. The third-order valence-electron chi connectivity index (χ3n) is 3.36. The minimum absolute atomic E-state index is 0.205. The Labute approximate surface area is 135 Å². The first-order valence-electron chi connectivity index (χ1n) is 6.76. The van der Waals surface area contributed by atoms with Gasteiger partial charge in [0.25, 0.3) is 5.91 Å². The van der Waals surface area contributed by atoms with E-state index < -0.39 is 0 Å². The second-order valence-electron chi connectivity index (χ2n) is 4.96. The molecule has 0 aromatic heterocycles.